The second kappa shape index (κ2) is 4.76. The van der Waals surface area contributed by atoms with E-state index in [2.05, 4.69) is 17.0 Å². The first kappa shape index (κ1) is 11.3. The largest absolute Gasteiger partial charge is 0.386 e. The van der Waals surface area contributed by atoms with E-state index in [-0.39, 0.29) is 0 Å². The summed E-state index contributed by atoms with van der Waals surface area (Å²) in [6.07, 6.45) is 2.67. The van der Waals surface area contributed by atoms with Crippen LogP contribution in [0.2, 0.25) is 0 Å². The lowest BCUT2D eigenvalue weighted by molar-refractivity contribution is 0.175. The second-order valence-electron chi connectivity index (χ2n) is 3.69. The van der Waals surface area contributed by atoms with Crippen LogP contribution in [0.25, 0.3) is 0 Å². The Labute approximate surface area is 98.6 Å². The molecule has 2 aromatic rings. The fraction of sp³-hybridized carbons (Fsp3) is 0.455. The van der Waals surface area contributed by atoms with Crippen LogP contribution in [0.3, 0.4) is 0 Å². The Morgan fingerprint density at radius 1 is 1.56 bits per heavy atom. The summed E-state index contributed by atoms with van der Waals surface area (Å²) in [5, 5.41) is 17.0. The number of hydrogen-bond acceptors (Lipinski definition) is 4. The average molecular weight is 237 g/mol. The summed E-state index contributed by atoms with van der Waals surface area (Å²) in [5.74, 6) is 0. The third-order valence-electron chi connectivity index (χ3n) is 2.53. The third-order valence-corrected chi connectivity index (χ3v) is 3.41. The summed E-state index contributed by atoms with van der Waals surface area (Å²) in [6, 6.07) is 2.04. The minimum atomic E-state index is -0.528. The second-order valence-corrected chi connectivity index (χ2v) is 4.62. The summed E-state index contributed by atoms with van der Waals surface area (Å²) in [5.41, 5.74) is 2.10. The highest BCUT2D eigenvalue weighted by Gasteiger charge is 2.14. The Hall–Kier alpha value is -1.20. The summed E-state index contributed by atoms with van der Waals surface area (Å²) in [4.78, 5) is 4.11. The van der Waals surface area contributed by atoms with Gasteiger partial charge in [-0.05, 0) is 12.5 Å². The maximum absolute atomic E-state index is 9.98. The first-order valence-electron chi connectivity index (χ1n) is 5.30. The SMILES string of the molecule is CCc1cc(CC(O)c2nccs2)n(C)n1. The van der Waals surface area contributed by atoms with E-state index in [0.29, 0.717) is 6.42 Å². The Kier molecular flexibility index (Phi) is 3.36. The monoisotopic (exact) mass is 237 g/mol. The summed E-state index contributed by atoms with van der Waals surface area (Å²) in [6.45, 7) is 2.07. The van der Waals surface area contributed by atoms with Gasteiger partial charge in [0.1, 0.15) is 11.1 Å². The van der Waals surface area contributed by atoms with Crippen LogP contribution in [-0.2, 0) is 19.9 Å². The van der Waals surface area contributed by atoms with E-state index in [1.807, 2.05) is 23.2 Å². The van der Waals surface area contributed by atoms with Crippen molar-refractivity contribution in [2.24, 2.45) is 7.05 Å². The lowest BCUT2D eigenvalue weighted by Gasteiger charge is -2.06. The van der Waals surface area contributed by atoms with Gasteiger partial charge in [-0.15, -0.1) is 11.3 Å². The highest BCUT2D eigenvalue weighted by Crippen LogP contribution is 2.20. The number of aliphatic hydroxyl groups excluding tert-OH is 1. The van der Waals surface area contributed by atoms with Crippen molar-refractivity contribution in [1.29, 1.82) is 0 Å². The number of thiazole rings is 1. The molecule has 16 heavy (non-hydrogen) atoms. The molecule has 1 unspecified atom stereocenters. The van der Waals surface area contributed by atoms with Crippen LogP contribution < -0.4 is 0 Å². The van der Waals surface area contributed by atoms with Gasteiger partial charge >= 0.3 is 0 Å². The molecule has 0 saturated heterocycles. The van der Waals surface area contributed by atoms with Crippen molar-refractivity contribution in [3.63, 3.8) is 0 Å². The van der Waals surface area contributed by atoms with Gasteiger partial charge in [0.2, 0.25) is 0 Å². The van der Waals surface area contributed by atoms with Crippen LogP contribution >= 0.6 is 11.3 Å². The third kappa shape index (κ3) is 2.31. The van der Waals surface area contributed by atoms with E-state index >= 15 is 0 Å². The number of aryl methyl sites for hydroxylation is 2. The number of aromatic nitrogens is 3. The molecule has 0 aliphatic carbocycles. The number of nitrogens with zero attached hydrogens (tertiary/aromatic N) is 3. The topological polar surface area (TPSA) is 50.9 Å². The molecule has 0 radical (unpaired) electrons. The molecule has 0 saturated carbocycles. The minimum Gasteiger partial charge on any atom is -0.386 e. The molecule has 2 rings (SSSR count). The minimum absolute atomic E-state index is 0.528. The Bertz CT molecular complexity index is 450. The van der Waals surface area contributed by atoms with Gasteiger partial charge in [-0.25, -0.2) is 4.98 Å². The number of aliphatic hydroxyl groups is 1. The van der Waals surface area contributed by atoms with Crippen molar-refractivity contribution in [3.05, 3.63) is 34.0 Å². The highest BCUT2D eigenvalue weighted by molar-refractivity contribution is 7.09. The lowest BCUT2D eigenvalue weighted by Crippen LogP contribution is -2.06. The summed E-state index contributed by atoms with van der Waals surface area (Å²) < 4.78 is 1.83. The molecule has 0 aliphatic rings. The van der Waals surface area contributed by atoms with Crippen molar-refractivity contribution in [2.45, 2.75) is 25.9 Å². The maximum atomic E-state index is 9.98. The van der Waals surface area contributed by atoms with Gasteiger partial charge in [-0.2, -0.15) is 5.10 Å². The van der Waals surface area contributed by atoms with Crippen LogP contribution in [0.1, 0.15) is 29.4 Å². The van der Waals surface area contributed by atoms with Crippen molar-refractivity contribution in [3.8, 4) is 0 Å². The summed E-state index contributed by atoms with van der Waals surface area (Å²) >= 11 is 1.48. The van der Waals surface area contributed by atoms with Gasteiger partial charge in [0.15, 0.2) is 0 Å². The van der Waals surface area contributed by atoms with E-state index in [1.54, 1.807) is 6.20 Å². The van der Waals surface area contributed by atoms with E-state index < -0.39 is 6.10 Å². The van der Waals surface area contributed by atoms with Gasteiger partial charge < -0.3 is 5.11 Å². The van der Waals surface area contributed by atoms with E-state index in [4.69, 9.17) is 0 Å². The quantitative estimate of drug-likeness (QED) is 0.880. The van der Waals surface area contributed by atoms with Crippen LogP contribution in [0.15, 0.2) is 17.6 Å². The van der Waals surface area contributed by atoms with Gasteiger partial charge in [0, 0.05) is 30.7 Å². The number of hydrogen-bond donors (Lipinski definition) is 1. The van der Waals surface area contributed by atoms with E-state index in [9.17, 15) is 5.11 Å². The first-order chi connectivity index (χ1) is 7.70. The molecule has 0 aliphatic heterocycles. The molecule has 86 valence electrons. The molecule has 1 N–H and O–H groups in total. The first-order valence-corrected chi connectivity index (χ1v) is 6.18. The Morgan fingerprint density at radius 3 is 2.94 bits per heavy atom. The van der Waals surface area contributed by atoms with Gasteiger partial charge in [0.05, 0.1) is 5.69 Å². The van der Waals surface area contributed by atoms with Gasteiger partial charge in [0.25, 0.3) is 0 Å². The van der Waals surface area contributed by atoms with Crippen LogP contribution in [0.4, 0.5) is 0 Å². The molecule has 0 amide bonds. The van der Waals surface area contributed by atoms with Gasteiger partial charge in [-0.3, -0.25) is 4.68 Å². The van der Waals surface area contributed by atoms with Crippen molar-refractivity contribution >= 4 is 11.3 Å². The standard InChI is InChI=1S/C11H15N3OS/c1-3-8-6-9(14(2)13-8)7-10(15)11-12-4-5-16-11/h4-6,10,15H,3,7H2,1-2H3. The zero-order chi connectivity index (χ0) is 11.5. The molecule has 1 atom stereocenters. The molecule has 0 spiro atoms. The molecule has 5 heteroatoms. The van der Waals surface area contributed by atoms with E-state index in [0.717, 1.165) is 22.8 Å². The van der Waals surface area contributed by atoms with Crippen molar-refractivity contribution < 1.29 is 5.11 Å². The van der Waals surface area contributed by atoms with Crippen LogP contribution in [0.5, 0.6) is 0 Å². The highest BCUT2D eigenvalue weighted by atomic mass is 32.1. The Morgan fingerprint density at radius 2 is 2.38 bits per heavy atom. The summed E-state index contributed by atoms with van der Waals surface area (Å²) in [7, 11) is 1.91. The van der Waals surface area contributed by atoms with Crippen LogP contribution in [-0.4, -0.2) is 19.9 Å². The zero-order valence-electron chi connectivity index (χ0n) is 9.42. The van der Waals surface area contributed by atoms with Crippen molar-refractivity contribution in [2.75, 3.05) is 0 Å². The molecule has 4 nitrogen and oxygen atoms in total. The smallest absolute Gasteiger partial charge is 0.122 e. The molecular formula is C11H15N3OS. The molecule has 0 bridgehead atoms. The molecular weight excluding hydrogens is 222 g/mol. The van der Waals surface area contributed by atoms with Gasteiger partial charge in [-0.1, -0.05) is 6.92 Å². The molecule has 0 aromatic carbocycles. The predicted molar refractivity (Wildman–Crippen MR) is 63.4 cm³/mol. The molecule has 2 heterocycles. The predicted octanol–water partition coefficient (Wildman–Crippen LogP) is 1.72. The average Bonchev–Trinajstić information content (AvgIpc) is 2.88. The Balaban J connectivity index is 2.11. The molecule has 2 aromatic heterocycles. The van der Waals surface area contributed by atoms with E-state index in [1.165, 1.54) is 11.3 Å². The fourth-order valence-electron chi connectivity index (χ4n) is 1.62. The number of rotatable bonds is 4. The van der Waals surface area contributed by atoms with Crippen molar-refractivity contribution in [1.82, 2.24) is 14.8 Å². The zero-order valence-corrected chi connectivity index (χ0v) is 10.2. The lowest BCUT2D eigenvalue weighted by atomic mass is 10.2. The fourth-order valence-corrected chi connectivity index (χ4v) is 2.24. The molecule has 0 fully saturated rings. The maximum Gasteiger partial charge on any atom is 0.122 e. The normalized spacial score (nSPS) is 12.9. The van der Waals surface area contributed by atoms with Crippen LogP contribution in [0, 0.1) is 0 Å².